The van der Waals surface area contributed by atoms with Crippen molar-refractivity contribution in [3.05, 3.63) is 57.8 Å². The van der Waals surface area contributed by atoms with Crippen molar-refractivity contribution in [2.45, 2.75) is 43.9 Å². The topological polar surface area (TPSA) is 66.5 Å². The number of thiophene rings is 1. The van der Waals surface area contributed by atoms with E-state index in [1.54, 1.807) is 6.08 Å². The van der Waals surface area contributed by atoms with E-state index < -0.39 is 17.8 Å². The van der Waals surface area contributed by atoms with Crippen LogP contribution in [0.1, 0.15) is 49.0 Å². The molecule has 0 unspecified atom stereocenters. The van der Waals surface area contributed by atoms with Crippen LogP contribution in [-0.2, 0) is 15.0 Å². The molecule has 31 heavy (non-hydrogen) atoms. The summed E-state index contributed by atoms with van der Waals surface area (Å²) < 4.78 is 0. The molecule has 4 saturated carbocycles. The molecule has 158 valence electrons. The molecule has 2 aromatic rings. The second-order valence-electron chi connectivity index (χ2n) is 9.72. The standard InChI is InChI=1S/C25H24N2O3S/c28-22-21(11-20-2-1-7-31-20)23(29)27(24(30)26-22)19-5-3-18(4-6-19)25-12-15-8-16(13-25)10-17(9-15)14-25/h1-7,11,15-17H,8-10,12-14H2,(H,26,28,30)/b21-11+. The Labute approximate surface area is 185 Å². The van der Waals surface area contributed by atoms with Gasteiger partial charge in [0.1, 0.15) is 5.57 Å². The molecule has 0 atom stereocenters. The first kappa shape index (κ1) is 19.0. The molecule has 1 saturated heterocycles. The van der Waals surface area contributed by atoms with Crippen LogP contribution in [0, 0.1) is 17.8 Å². The van der Waals surface area contributed by atoms with Crippen LogP contribution < -0.4 is 10.2 Å². The molecule has 5 aliphatic rings. The van der Waals surface area contributed by atoms with Crippen LogP contribution in [0.4, 0.5) is 10.5 Å². The smallest absolute Gasteiger partial charge is 0.273 e. The third-order valence-corrected chi connectivity index (χ3v) is 8.53. The van der Waals surface area contributed by atoms with E-state index in [9.17, 15) is 14.4 Å². The zero-order chi connectivity index (χ0) is 21.2. The van der Waals surface area contributed by atoms with Crippen LogP contribution in [0.3, 0.4) is 0 Å². The Morgan fingerprint density at radius 2 is 1.58 bits per heavy atom. The van der Waals surface area contributed by atoms with Crippen LogP contribution in [-0.4, -0.2) is 17.8 Å². The molecule has 2 heterocycles. The number of carbonyl (C=O) groups excluding carboxylic acids is 3. The number of hydrogen-bond donors (Lipinski definition) is 1. The van der Waals surface area contributed by atoms with Gasteiger partial charge in [0.25, 0.3) is 11.8 Å². The molecule has 4 amide bonds. The highest BCUT2D eigenvalue weighted by atomic mass is 32.1. The molecule has 0 radical (unpaired) electrons. The third-order valence-electron chi connectivity index (χ3n) is 7.71. The lowest BCUT2D eigenvalue weighted by Crippen LogP contribution is -2.54. The van der Waals surface area contributed by atoms with Crippen LogP contribution in [0.25, 0.3) is 6.08 Å². The summed E-state index contributed by atoms with van der Waals surface area (Å²) in [4.78, 5) is 39.7. The minimum atomic E-state index is -0.694. The molecule has 1 aliphatic heterocycles. The maximum absolute atomic E-state index is 13.1. The van der Waals surface area contributed by atoms with Crippen LogP contribution in [0.15, 0.2) is 47.4 Å². The Morgan fingerprint density at radius 3 is 2.16 bits per heavy atom. The molecular weight excluding hydrogens is 408 g/mol. The number of benzene rings is 1. The van der Waals surface area contributed by atoms with Gasteiger partial charge in [-0.2, -0.15) is 0 Å². The minimum Gasteiger partial charge on any atom is -0.273 e. The van der Waals surface area contributed by atoms with Crippen molar-refractivity contribution in [3.63, 3.8) is 0 Å². The summed E-state index contributed by atoms with van der Waals surface area (Å²) in [7, 11) is 0. The number of anilines is 1. The highest BCUT2D eigenvalue weighted by Crippen LogP contribution is 2.60. The van der Waals surface area contributed by atoms with Crippen molar-refractivity contribution >= 4 is 40.9 Å². The van der Waals surface area contributed by atoms with E-state index in [1.165, 1.54) is 55.4 Å². The second-order valence-corrected chi connectivity index (χ2v) is 10.7. The Kier molecular flexibility index (Phi) is 4.22. The van der Waals surface area contributed by atoms with Gasteiger partial charge >= 0.3 is 6.03 Å². The summed E-state index contributed by atoms with van der Waals surface area (Å²) >= 11 is 1.44. The Morgan fingerprint density at radius 1 is 0.935 bits per heavy atom. The van der Waals surface area contributed by atoms with Gasteiger partial charge in [-0.15, -0.1) is 11.3 Å². The van der Waals surface area contributed by atoms with Gasteiger partial charge in [0.2, 0.25) is 0 Å². The van der Waals surface area contributed by atoms with Gasteiger partial charge in [-0.3, -0.25) is 14.9 Å². The van der Waals surface area contributed by atoms with E-state index >= 15 is 0 Å². The molecule has 4 aliphatic carbocycles. The molecule has 1 aromatic carbocycles. The number of carbonyl (C=O) groups is 3. The molecule has 6 heteroatoms. The van der Waals surface area contributed by atoms with Crippen molar-refractivity contribution in [3.8, 4) is 0 Å². The molecular formula is C25H24N2O3S. The summed E-state index contributed by atoms with van der Waals surface area (Å²) in [5.74, 6) is 1.35. The Hall–Kier alpha value is -2.73. The number of imide groups is 2. The first-order valence-corrected chi connectivity index (χ1v) is 11.9. The normalized spacial score (nSPS) is 33.3. The van der Waals surface area contributed by atoms with Crippen molar-refractivity contribution < 1.29 is 14.4 Å². The number of nitrogens with zero attached hydrogens (tertiary/aromatic N) is 1. The first-order valence-electron chi connectivity index (χ1n) is 11.1. The summed E-state index contributed by atoms with van der Waals surface area (Å²) in [6.45, 7) is 0. The van der Waals surface area contributed by atoms with E-state index in [1.807, 2.05) is 29.6 Å². The van der Waals surface area contributed by atoms with Gasteiger partial charge in [-0.1, -0.05) is 18.2 Å². The SMILES string of the molecule is O=C1NC(=O)N(c2ccc(C34CC5CC(CC(C5)C3)C4)cc2)C(=O)/C1=C/c1cccs1. The van der Waals surface area contributed by atoms with Crippen molar-refractivity contribution in [2.24, 2.45) is 17.8 Å². The van der Waals surface area contributed by atoms with E-state index in [0.717, 1.165) is 27.5 Å². The number of hydrogen-bond acceptors (Lipinski definition) is 4. The van der Waals surface area contributed by atoms with Crippen LogP contribution >= 0.6 is 11.3 Å². The summed E-state index contributed by atoms with van der Waals surface area (Å²) in [6.07, 6.45) is 9.54. The monoisotopic (exact) mass is 432 g/mol. The second kappa shape index (κ2) is 6.89. The number of urea groups is 1. The summed E-state index contributed by atoms with van der Waals surface area (Å²) in [5.41, 5.74) is 2.08. The maximum Gasteiger partial charge on any atom is 0.335 e. The van der Waals surface area contributed by atoms with Crippen LogP contribution in [0.2, 0.25) is 0 Å². The van der Waals surface area contributed by atoms with Crippen molar-refractivity contribution in [1.82, 2.24) is 5.32 Å². The lowest BCUT2D eigenvalue weighted by atomic mass is 9.48. The van der Waals surface area contributed by atoms with Gasteiger partial charge in [0.15, 0.2) is 0 Å². The van der Waals surface area contributed by atoms with E-state index in [-0.39, 0.29) is 11.0 Å². The lowest BCUT2D eigenvalue weighted by Gasteiger charge is -2.57. The zero-order valence-corrected chi connectivity index (χ0v) is 18.0. The van der Waals surface area contributed by atoms with E-state index in [2.05, 4.69) is 17.4 Å². The largest absolute Gasteiger partial charge is 0.335 e. The molecule has 4 bridgehead atoms. The average Bonchev–Trinajstić information content (AvgIpc) is 3.24. The lowest BCUT2D eigenvalue weighted by molar-refractivity contribution is -0.122. The average molecular weight is 433 g/mol. The number of amides is 4. The quantitative estimate of drug-likeness (QED) is 0.555. The fourth-order valence-corrected chi connectivity index (χ4v) is 7.49. The molecule has 0 spiro atoms. The highest BCUT2D eigenvalue weighted by molar-refractivity contribution is 7.10. The van der Waals surface area contributed by atoms with Gasteiger partial charge < -0.3 is 0 Å². The minimum absolute atomic E-state index is 0.0211. The number of rotatable bonds is 3. The Bertz CT molecular complexity index is 1070. The van der Waals surface area contributed by atoms with Gasteiger partial charge in [-0.05, 0) is 96.9 Å². The molecule has 7 rings (SSSR count). The van der Waals surface area contributed by atoms with Gasteiger partial charge in [0, 0.05) is 4.88 Å². The Balaban J connectivity index is 1.30. The van der Waals surface area contributed by atoms with Gasteiger partial charge in [-0.25, -0.2) is 9.69 Å². The van der Waals surface area contributed by atoms with E-state index in [4.69, 9.17) is 0 Å². The molecule has 1 N–H and O–H groups in total. The summed E-state index contributed by atoms with van der Waals surface area (Å²) in [5, 5.41) is 4.19. The van der Waals surface area contributed by atoms with Crippen molar-refractivity contribution in [1.29, 1.82) is 0 Å². The summed E-state index contributed by atoms with van der Waals surface area (Å²) in [6, 6.07) is 10.9. The fourth-order valence-electron chi connectivity index (χ4n) is 6.84. The van der Waals surface area contributed by atoms with Gasteiger partial charge in [0.05, 0.1) is 5.69 Å². The highest BCUT2D eigenvalue weighted by Gasteiger charge is 2.51. The predicted molar refractivity (Wildman–Crippen MR) is 120 cm³/mol. The number of barbiturate groups is 1. The molecule has 5 fully saturated rings. The van der Waals surface area contributed by atoms with Crippen molar-refractivity contribution in [2.75, 3.05) is 4.90 Å². The first-order chi connectivity index (χ1) is 15.0. The fraction of sp³-hybridized carbons (Fsp3) is 0.400. The maximum atomic E-state index is 13.1. The molecule has 1 aromatic heterocycles. The number of nitrogens with one attached hydrogen (secondary N) is 1. The zero-order valence-electron chi connectivity index (χ0n) is 17.2. The van der Waals surface area contributed by atoms with E-state index in [0.29, 0.717) is 5.69 Å². The van der Waals surface area contributed by atoms with Crippen LogP contribution in [0.5, 0.6) is 0 Å². The molecule has 5 nitrogen and oxygen atoms in total. The predicted octanol–water partition coefficient (Wildman–Crippen LogP) is 4.88. The third kappa shape index (κ3) is 3.07.